The van der Waals surface area contributed by atoms with Crippen molar-refractivity contribution in [3.8, 4) is 0 Å². The van der Waals surface area contributed by atoms with Gasteiger partial charge in [0.1, 0.15) is 6.54 Å². The van der Waals surface area contributed by atoms with E-state index in [0.29, 0.717) is 0 Å². The number of hydrogen-bond acceptors (Lipinski definition) is 3. The van der Waals surface area contributed by atoms with Crippen molar-refractivity contribution >= 4 is 11.9 Å². The molecule has 0 aromatic heterocycles. The maximum Gasteiger partial charge on any atom is 0.323 e. The molecule has 88 valence electrons. The van der Waals surface area contributed by atoms with Crippen LogP contribution in [-0.4, -0.2) is 60.0 Å². The van der Waals surface area contributed by atoms with Crippen LogP contribution in [0.1, 0.15) is 20.3 Å². The SMILES string of the molecule is CCC(C)N(CC(=O)O)C(=O)CN(C)C. The van der Waals surface area contributed by atoms with Gasteiger partial charge in [0.15, 0.2) is 0 Å². The van der Waals surface area contributed by atoms with E-state index in [4.69, 9.17) is 5.11 Å². The molecule has 0 aliphatic heterocycles. The van der Waals surface area contributed by atoms with E-state index in [2.05, 4.69) is 0 Å². The summed E-state index contributed by atoms with van der Waals surface area (Å²) in [4.78, 5) is 25.5. The van der Waals surface area contributed by atoms with Crippen molar-refractivity contribution in [1.29, 1.82) is 0 Å². The first-order valence-corrected chi connectivity index (χ1v) is 5.04. The van der Waals surface area contributed by atoms with Crippen LogP contribution in [0.3, 0.4) is 0 Å². The van der Waals surface area contributed by atoms with Crippen molar-refractivity contribution in [1.82, 2.24) is 9.80 Å². The fourth-order valence-electron chi connectivity index (χ4n) is 1.22. The van der Waals surface area contributed by atoms with Gasteiger partial charge in [0.05, 0.1) is 6.54 Å². The second-order valence-electron chi connectivity index (χ2n) is 3.91. The van der Waals surface area contributed by atoms with Gasteiger partial charge in [-0.1, -0.05) is 6.92 Å². The third kappa shape index (κ3) is 5.37. The highest BCUT2D eigenvalue weighted by Crippen LogP contribution is 2.04. The molecule has 0 aliphatic rings. The van der Waals surface area contributed by atoms with Crippen LogP contribution in [0.25, 0.3) is 0 Å². The fraction of sp³-hybridized carbons (Fsp3) is 0.800. The van der Waals surface area contributed by atoms with Crippen molar-refractivity contribution in [2.45, 2.75) is 26.3 Å². The molecule has 0 heterocycles. The Labute approximate surface area is 90.7 Å². The van der Waals surface area contributed by atoms with Crippen LogP contribution in [0.4, 0.5) is 0 Å². The zero-order valence-electron chi connectivity index (χ0n) is 9.86. The predicted octanol–water partition coefficient (Wildman–Crippen LogP) is 0.260. The van der Waals surface area contributed by atoms with Gasteiger partial charge < -0.3 is 14.9 Å². The second kappa shape index (κ2) is 6.40. The summed E-state index contributed by atoms with van der Waals surface area (Å²) in [5, 5.41) is 8.70. The number of amides is 1. The molecular formula is C10H20N2O3. The Balaban J connectivity index is 4.47. The molecule has 0 rings (SSSR count). The van der Waals surface area contributed by atoms with Gasteiger partial charge in [0, 0.05) is 6.04 Å². The molecule has 0 saturated carbocycles. The first-order chi connectivity index (χ1) is 6.88. The van der Waals surface area contributed by atoms with E-state index >= 15 is 0 Å². The monoisotopic (exact) mass is 216 g/mol. The van der Waals surface area contributed by atoms with Crippen LogP contribution < -0.4 is 0 Å². The first-order valence-electron chi connectivity index (χ1n) is 5.04. The van der Waals surface area contributed by atoms with Crippen LogP contribution in [-0.2, 0) is 9.59 Å². The van der Waals surface area contributed by atoms with Crippen LogP contribution in [0.5, 0.6) is 0 Å². The van der Waals surface area contributed by atoms with Crippen molar-refractivity contribution in [2.24, 2.45) is 0 Å². The summed E-state index contributed by atoms with van der Waals surface area (Å²) in [5.74, 6) is -1.11. The molecule has 0 bridgehead atoms. The Bertz CT molecular complexity index is 229. The second-order valence-corrected chi connectivity index (χ2v) is 3.91. The Morgan fingerprint density at radius 1 is 1.27 bits per heavy atom. The summed E-state index contributed by atoms with van der Waals surface area (Å²) in [6.07, 6.45) is 0.756. The summed E-state index contributed by atoms with van der Waals surface area (Å²) in [7, 11) is 3.57. The van der Waals surface area contributed by atoms with Gasteiger partial charge in [0.2, 0.25) is 5.91 Å². The van der Waals surface area contributed by atoms with Crippen LogP contribution >= 0.6 is 0 Å². The highest BCUT2D eigenvalue weighted by molar-refractivity contribution is 5.83. The molecule has 0 aliphatic carbocycles. The third-order valence-corrected chi connectivity index (χ3v) is 2.20. The lowest BCUT2D eigenvalue weighted by Gasteiger charge is -2.28. The molecule has 5 heteroatoms. The molecule has 0 aromatic carbocycles. The van der Waals surface area contributed by atoms with Crippen molar-refractivity contribution in [3.63, 3.8) is 0 Å². The highest BCUT2D eigenvalue weighted by atomic mass is 16.4. The van der Waals surface area contributed by atoms with Gasteiger partial charge in [-0.2, -0.15) is 0 Å². The minimum atomic E-state index is -0.970. The van der Waals surface area contributed by atoms with E-state index in [9.17, 15) is 9.59 Å². The Morgan fingerprint density at radius 2 is 1.80 bits per heavy atom. The molecule has 15 heavy (non-hydrogen) atoms. The van der Waals surface area contributed by atoms with E-state index in [1.54, 1.807) is 19.0 Å². The molecule has 0 saturated heterocycles. The van der Waals surface area contributed by atoms with E-state index in [1.165, 1.54) is 4.90 Å². The normalized spacial score (nSPS) is 12.6. The topological polar surface area (TPSA) is 60.9 Å². The molecule has 0 spiro atoms. The summed E-state index contributed by atoms with van der Waals surface area (Å²) < 4.78 is 0. The molecule has 5 nitrogen and oxygen atoms in total. The van der Waals surface area contributed by atoms with Gasteiger partial charge in [-0.25, -0.2) is 0 Å². The maximum atomic E-state index is 11.7. The van der Waals surface area contributed by atoms with Crippen molar-refractivity contribution < 1.29 is 14.7 Å². The summed E-state index contributed by atoms with van der Waals surface area (Å²) >= 11 is 0. The van der Waals surface area contributed by atoms with Gasteiger partial charge in [-0.3, -0.25) is 9.59 Å². The zero-order valence-corrected chi connectivity index (χ0v) is 9.86. The molecule has 1 amide bonds. The molecule has 1 N–H and O–H groups in total. The van der Waals surface area contributed by atoms with E-state index in [0.717, 1.165) is 6.42 Å². The Morgan fingerprint density at radius 3 is 2.13 bits per heavy atom. The highest BCUT2D eigenvalue weighted by Gasteiger charge is 2.21. The number of nitrogens with zero attached hydrogens (tertiary/aromatic N) is 2. The minimum absolute atomic E-state index is 0.0338. The smallest absolute Gasteiger partial charge is 0.323 e. The average molecular weight is 216 g/mol. The molecule has 1 atom stereocenters. The molecular weight excluding hydrogens is 196 g/mol. The summed E-state index contributed by atoms with van der Waals surface area (Å²) in [6, 6.07) is -0.0338. The number of likely N-dealkylation sites (N-methyl/N-ethyl adjacent to an activating group) is 1. The maximum absolute atomic E-state index is 11.7. The standard InChI is InChI=1S/C10H20N2O3/c1-5-8(2)12(7-10(14)15)9(13)6-11(3)4/h8H,5-7H2,1-4H3,(H,14,15). The number of carboxylic acid groups (broad SMARTS) is 1. The lowest BCUT2D eigenvalue weighted by atomic mass is 10.2. The number of carboxylic acids is 1. The van der Waals surface area contributed by atoms with Crippen LogP contribution in [0.2, 0.25) is 0 Å². The molecule has 0 fully saturated rings. The largest absolute Gasteiger partial charge is 0.480 e. The zero-order chi connectivity index (χ0) is 12.0. The number of carbonyl (C=O) groups excluding carboxylic acids is 1. The fourth-order valence-corrected chi connectivity index (χ4v) is 1.22. The number of hydrogen-bond donors (Lipinski definition) is 1. The number of aliphatic carboxylic acids is 1. The lowest BCUT2D eigenvalue weighted by Crippen LogP contribution is -2.45. The number of carbonyl (C=O) groups is 2. The molecule has 0 aromatic rings. The predicted molar refractivity (Wildman–Crippen MR) is 57.7 cm³/mol. The first kappa shape index (κ1) is 13.9. The summed E-state index contributed by atoms with van der Waals surface area (Å²) in [6.45, 7) is 3.82. The summed E-state index contributed by atoms with van der Waals surface area (Å²) in [5.41, 5.74) is 0. The Kier molecular flexibility index (Phi) is 5.93. The van der Waals surface area contributed by atoms with Gasteiger partial charge >= 0.3 is 5.97 Å². The van der Waals surface area contributed by atoms with Gasteiger partial charge in [0.25, 0.3) is 0 Å². The lowest BCUT2D eigenvalue weighted by molar-refractivity contribution is -0.146. The number of rotatable bonds is 6. The van der Waals surface area contributed by atoms with Crippen molar-refractivity contribution in [2.75, 3.05) is 27.2 Å². The van der Waals surface area contributed by atoms with Crippen molar-refractivity contribution in [3.05, 3.63) is 0 Å². The Hall–Kier alpha value is -1.10. The van der Waals surface area contributed by atoms with Gasteiger partial charge in [-0.05, 0) is 27.4 Å². The van der Waals surface area contributed by atoms with Gasteiger partial charge in [-0.15, -0.1) is 0 Å². The van der Waals surface area contributed by atoms with E-state index in [1.807, 2.05) is 13.8 Å². The average Bonchev–Trinajstić information content (AvgIpc) is 2.11. The van der Waals surface area contributed by atoms with Crippen LogP contribution in [0.15, 0.2) is 0 Å². The van der Waals surface area contributed by atoms with E-state index in [-0.39, 0.29) is 25.0 Å². The van der Waals surface area contributed by atoms with Crippen LogP contribution in [0, 0.1) is 0 Å². The minimum Gasteiger partial charge on any atom is -0.480 e. The molecule has 0 radical (unpaired) electrons. The van der Waals surface area contributed by atoms with E-state index < -0.39 is 5.97 Å². The third-order valence-electron chi connectivity index (χ3n) is 2.20. The quantitative estimate of drug-likeness (QED) is 0.692. The molecule has 1 unspecified atom stereocenters.